The minimum Gasteiger partial charge on any atom is -0.545 e. The maximum absolute atomic E-state index is 14.0. The van der Waals surface area contributed by atoms with Gasteiger partial charge in [-0.3, -0.25) is 9.59 Å². The molecule has 1 aliphatic heterocycles. The van der Waals surface area contributed by atoms with Gasteiger partial charge < -0.3 is 9.90 Å². The molecule has 2 aromatic rings. The summed E-state index contributed by atoms with van der Waals surface area (Å²) < 4.78 is 92.1. The van der Waals surface area contributed by atoms with Crippen LogP contribution in [0.5, 0.6) is 0 Å². The molecule has 1 aromatic heterocycles. The number of thioether (sulfide) groups is 2. The third-order valence-electron chi connectivity index (χ3n) is 4.42. The van der Waals surface area contributed by atoms with E-state index in [1.54, 1.807) is 0 Å². The number of aromatic carboxylic acids is 1. The first kappa shape index (κ1) is 25.8. The van der Waals surface area contributed by atoms with E-state index in [4.69, 9.17) is 0 Å². The van der Waals surface area contributed by atoms with Crippen LogP contribution < -0.4 is 10.0 Å². The van der Waals surface area contributed by atoms with E-state index in [2.05, 4.69) is 4.98 Å². The molecule has 1 atom stereocenters. The minimum atomic E-state index is -6.56. The zero-order valence-electron chi connectivity index (χ0n) is 16.3. The second-order valence-electron chi connectivity index (χ2n) is 6.68. The molecule has 1 fully saturated rings. The van der Waals surface area contributed by atoms with Crippen LogP contribution in [0, 0.1) is 0 Å². The first-order valence-electron chi connectivity index (χ1n) is 8.97. The Morgan fingerprint density at radius 1 is 1.03 bits per heavy atom. The Kier molecular flexibility index (Phi) is 6.90. The van der Waals surface area contributed by atoms with Crippen LogP contribution in [0.1, 0.15) is 16.8 Å². The van der Waals surface area contributed by atoms with Crippen LogP contribution in [-0.4, -0.2) is 45.4 Å². The summed E-state index contributed by atoms with van der Waals surface area (Å²) in [6, 6.07) is 6.32. The Labute approximate surface area is 194 Å². The molecule has 1 saturated heterocycles. The van der Waals surface area contributed by atoms with E-state index in [1.165, 1.54) is 12.3 Å². The fourth-order valence-electron chi connectivity index (χ4n) is 2.82. The second-order valence-corrected chi connectivity index (χ2v) is 9.03. The van der Waals surface area contributed by atoms with Crippen LogP contribution in [0.25, 0.3) is 0 Å². The van der Waals surface area contributed by atoms with E-state index in [-0.39, 0.29) is 10.6 Å². The van der Waals surface area contributed by atoms with E-state index in [0.717, 1.165) is 30.3 Å². The number of anilines is 1. The molecule has 1 aliphatic rings. The second kappa shape index (κ2) is 9.09. The van der Waals surface area contributed by atoms with Crippen molar-refractivity contribution in [2.24, 2.45) is 0 Å². The Morgan fingerprint density at radius 2 is 1.68 bits per heavy atom. The van der Waals surface area contributed by atoms with Crippen molar-refractivity contribution in [1.82, 2.24) is 4.98 Å². The average Bonchev–Trinajstić information content (AvgIpc) is 3.00. The summed E-state index contributed by atoms with van der Waals surface area (Å²) >= 11 is -0.570. The average molecular weight is 527 g/mol. The molecule has 0 N–H and O–H groups in total. The quantitative estimate of drug-likeness (QED) is 0.308. The fraction of sp³-hybridized carbons (Fsp3) is 0.263. The number of carbonyl (C=O) groups excluding carboxylic acids is 3. The molecule has 15 heteroatoms. The van der Waals surface area contributed by atoms with Gasteiger partial charge in [0.2, 0.25) is 11.8 Å². The Morgan fingerprint density at radius 3 is 2.29 bits per heavy atom. The van der Waals surface area contributed by atoms with Crippen molar-refractivity contribution in [2.45, 2.75) is 38.9 Å². The van der Waals surface area contributed by atoms with Gasteiger partial charge in [0.25, 0.3) is 0 Å². The number of carbonyl (C=O) groups is 3. The van der Waals surface area contributed by atoms with Gasteiger partial charge in [-0.15, -0.1) is 0 Å². The predicted octanol–water partition coefficient (Wildman–Crippen LogP) is 3.75. The number of amides is 2. The molecule has 2 heterocycles. The number of hydrogen-bond donors (Lipinski definition) is 0. The number of pyridine rings is 1. The summed E-state index contributed by atoms with van der Waals surface area (Å²) in [5.41, 5.74) is -0.999. The van der Waals surface area contributed by atoms with Crippen molar-refractivity contribution in [2.75, 3.05) is 4.90 Å². The number of aromatic nitrogens is 1. The van der Waals surface area contributed by atoms with Crippen LogP contribution in [0.3, 0.4) is 0 Å². The maximum atomic E-state index is 14.0. The lowest BCUT2D eigenvalue weighted by atomic mass is 10.3. The van der Waals surface area contributed by atoms with E-state index < -0.39 is 69.2 Å². The van der Waals surface area contributed by atoms with E-state index in [0.29, 0.717) is 16.7 Å². The highest BCUT2D eigenvalue weighted by molar-refractivity contribution is 8.01. The summed E-state index contributed by atoms with van der Waals surface area (Å²) in [7, 11) is 0. The van der Waals surface area contributed by atoms with Crippen molar-refractivity contribution in [3.05, 3.63) is 48.2 Å². The highest BCUT2D eigenvalue weighted by Gasteiger charge is 2.73. The van der Waals surface area contributed by atoms with Crippen molar-refractivity contribution in [3.8, 4) is 0 Å². The molecule has 2 amide bonds. The van der Waals surface area contributed by atoms with Crippen LogP contribution in [-0.2, 0) is 9.59 Å². The molecule has 6 nitrogen and oxygen atoms in total. The molecule has 0 spiro atoms. The molecule has 0 aliphatic carbocycles. The first-order chi connectivity index (χ1) is 15.7. The van der Waals surface area contributed by atoms with Crippen molar-refractivity contribution >= 4 is 47.0 Å². The number of imide groups is 1. The summed E-state index contributed by atoms with van der Waals surface area (Å²) in [5.74, 6) is -10.0. The van der Waals surface area contributed by atoms with E-state index in [9.17, 15) is 50.2 Å². The largest absolute Gasteiger partial charge is 0.545 e. The summed E-state index contributed by atoms with van der Waals surface area (Å²) in [6.07, 6.45) is -5.89. The van der Waals surface area contributed by atoms with Gasteiger partial charge in [0.15, 0.2) is 0 Å². The van der Waals surface area contributed by atoms with Crippen LogP contribution >= 0.6 is 23.5 Å². The molecule has 0 unspecified atom stereocenters. The zero-order chi connectivity index (χ0) is 25.5. The lowest BCUT2D eigenvalue weighted by molar-refractivity contribution is -0.330. The summed E-state index contributed by atoms with van der Waals surface area (Å²) in [5, 5.41) is 4.11. The van der Waals surface area contributed by atoms with Crippen LogP contribution in [0.15, 0.2) is 52.5 Å². The molecule has 0 bridgehead atoms. The number of alkyl halides is 7. The number of rotatable bonds is 7. The Balaban J connectivity index is 1.92. The number of carboxylic acid groups (broad SMARTS) is 1. The highest BCUT2D eigenvalue weighted by atomic mass is 32.2. The molecule has 0 radical (unpaired) electrons. The van der Waals surface area contributed by atoms with Gasteiger partial charge in [-0.2, -0.15) is 30.7 Å². The highest BCUT2D eigenvalue weighted by Crippen LogP contribution is 2.55. The van der Waals surface area contributed by atoms with Crippen LogP contribution in [0.4, 0.5) is 36.4 Å². The minimum absolute atomic E-state index is 0.172. The number of benzene rings is 1. The number of nitrogens with zero attached hydrogens (tertiary/aromatic N) is 2. The molecule has 1 aromatic carbocycles. The lowest BCUT2D eigenvalue weighted by Crippen LogP contribution is -2.50. The topological polar surface area (TPSA) is 90.4 Å². The third-order valence-corrected chi connectivity index (χ3v) is 6.70. The van der Waals surface area contributed by atoms with Gasteiger partial charge in [0.1, 0.15) is 5.03 Å². The molecule has 0 saturated carbocycles. The normalized spacial score (nSPS) is 17.4. The number of halogens is 7. The van der Waals surface area contributed by atoms with Crippen molar-refractivity contribution in [3.63, 3.8) is 0 Å². The smallest absolute Gasteiger partial charge is 0.460 e. The monoisotopic (exact) mass is 527 g/mol. The number of para-hydroxylation sites is 1. The van der Waals surface area contributed by atoms with E-state index >= 15 is 0 Å². The van der Waals surface area contributed by atoms with Crippen molar-refractivity contribution < 1.29 is 50.2 Å². The Bertz CT molecular complexity index is 1140. The summed E-state index contributed by atoms with van der Waals surface area (Å²) in [4.78, 5) is 39.9. The van der Waals surface area contributed by atoms with Gasteiger partial charge >= 0.3 is 17.4 Å². The molecular formula is C19H10F7N2O4S2-. The standard InChI is InChI=1S/C19H11F7N2O4S2/c20-17(21,18(22,23)24)19(25,26)34-11-6-2-1-5-10(11)28-13(29)8-12(15(28)30)33-14-9(16(31)32)4-3-7-27-14/h1-7,12H,8H2,(H,31,32)/p-1/t12-/m0/s1. The van der Waals surface area contributed by atoms with Gasteiger partial charge in [-0.1, -0.05) is 23.9 Å². The Hall–Kier alpha value is -2.81. The fourth-order valence-corrected chi connectivity index (χ4v) is 4.85. The first-order valence-corrected chi connectivity index (χ1v) is 10.7. The van der Waals surface area contributed by atoms with Gasteiger partial charge in [0.05, 0.1) is 16.9 Å². The van der Waals surface area contributed by atoms with E-state index in [1.807, 2.05) is 0 Å². The maximum Gasteiger partial charge on any atom is 0.460 e. The zero-order valence-corrected chi connectivity index (χ0v) is 17.9. The predicted molar refractivity (Wildman–Crippen MR) is 104 cm³/mol. The molecule has 182 valence electrons. The van der Waals surface area contributed by atoms with Crippen LogP contribution in [0.2, 0.25) is 0 Å². The van der Waals surface area contributed by atoms with Gasteiger partial charge in [-0.25, -0.2) is 9.88 Å². The number of carboxylic acids is 1. The third kappa shape index (κ3) is 4.71. The molecule has 3 rings (SSSR count). The molecular weight excluding hydrogens is 517 g/mol. The SMILES string of the molecule is O=C([O-])c1cccnc1S[C@H]1CC(=O)N(c2ccccc2SC(F)(F)C(F)(F)C(F)(F)F)C1=O. The van der Waals surface area contributed by atoms with Gasteiger partial charge in [-0.05, 0) is 36.0 Å². The molecule has 34 heavy (non-hydrogen) atoms. The van der Waals surface area contributed by atoms with Gasteiger partial charge in [0, 0.05) is 23.1 Å². The number of hydrogen-bond acceptors (Lipinski definition) is 7. The lowest BCUT2D eigenvalue weighted by Gasteiger charge is -2.28. The van der Waals surface area contributed by atoms with Crippen molar-refractivity contribution in [1.29, 1.82) is 0 Å². The summed E-state index contributed by atoms with van der Waals surface area (Å²) in [6.45, 7) is 0.